The van der Waals surface area contributed by atoms with E-state index in [-0.39, 0.29) is 6.29 Å². The molecule has 1 fully saturated rings. The first kappa shape index (κ1) is 17.4. The highest BCUT2D eigenvalue weighted by Crippen LogP contribution is 2.22. The zero-order valence-electron chi connectivity index (χ0n) is 13.8. The highest BCUT2D eigenvalue weighted by molar-refractivity contribution is 5.90. The molecule has 1 aliphatic rings. The van der Waals surface area contributed by atoms with E-state index in [1.807, 2.05) is 19.0 Å². The van der Waals surface area contributed by atoms with Crippen molar-refractivity contribution in [2.24, 2.45) is 4.99 Å². The predicted octanol–water partition coefficient (Wildman–Crippen LogP) is 1.79. The Morgan fingerprint density at radius 3 is 2.87 bits per heavy atom. The molecule has 0 radical (unpaired) electrons. The molecule has 2 heterocycles. The second kappa shape index (κ2) is 8.59. The maximum absolute atomic E-state index is 11.8. The summed E-state index contributed by atoms with van der Waals surface area (Å²) < 4.78 is 15.9. The Morgan fingerprint density at radius 1 is 1.48 bits per heavy atom. The Kier molecular flexibility index (Phi) is 6.49. The van der Waals surface area contributed by atoms with E-state index in [0.717, 1.165) is 5.69 Å². The SMILES string of the molecule is CCOC(=O)c1cnc(CCC2OCCO2)c(N=CN(C)C)c1. The molecule has 0 atom stereocenters. The quantitative estimate of drug-likeness (QED) is 0.433. The first-order chi connectivity index (χ1) is 11.1. The van der Waals surface area contributed by atoms with Crippen molar-refractivity contribution in [1.29, 1.82) is 0 Å². The van der Waals surface area contributed by atoms with Gasteiger partial charge >= 0.3 is 5.97 Å². The van der Waals surface area contributed by atoms with Crippen molar-refractivity contribution in [3.63, 3.8) is 0 Å². The number of hydrogen-bond acceptors (Lipinski definition) is 6. The summed E-state index contributed by atoms with van der Waals surface area (Å²) in [7, 11) is 3.76. The van der Waals surface area contributed by atoms with Crippen LogP contribution in [-0.2, 0) is 20.6 Å². The monoisotopic (exact) mass is 321 g/mol. The fraction of sp³-hybridized carbons (Fsp3) is 0.562. The molecule has 2 rings (SSSR count). The van der Waals surface area contributed by atoms with Gasteiger partial charge in [0.05, 0.1) is 43.1 Å². The minimum absolute atomic E-state index is 0.188. The highest BCUT2D eigenvalue weighted by atomic mass is 16.7. The lowest BCUT2D eigenvalue weighted by Gasteiger charge is -2.11. The van der Waals surface area contributed by atoms with Crippen LogP contribution in [0.1, 0.15) is 29.4 Å². The van der Waals surface area contributed by atoms with Crippen molar-refractivity contribution in [1.82, 2.24) is 9.88 Å². The zero-order chi connectivity index (χ0) is 16.7. The van der Waals surface area contributed by atoms with Crippen LogP contribution in [0, 0.1) is 0 Å². The van der Waals surface area contributed by atoms with Gasteiger partial charge in [-0.2, -0.15) is 0 Å². The van der Waals surface area contributed by atoms with E-state index in [0.29, 0.717) is 43.9 Å². The van der Waals surface area contributed by atoms with Crippen molar-refractivity contribution in [2.75, 3.05) is 33.9 Å². The third-order valence-corrected chi connectivity index (χ3v) is 3.19. The van der Waals surface area contributed by atoms with E-state index in [4.69, 9.17) is 14.2 Å². The average Bonchev–Trinajstić information content (AvgIpc) is 3.04. The number of aromatic nitrogens is 1. The van der Waals surface area contributed by atoms with Crippen molar-refractivity contribution >= 4 is 18.0 Å². The van der Waals surface area contributed by atoms with Crippen LogP contribution in [0.25, 0.3) is 0 Å². The number of hydrogen-bond donors (Lipinski definition) is 0. The number of carbonyl (C=O) groups excluding carboxylic acids is 1. The van der Waals surface area contributed by atoms with Gasteiger partial charge < -0.3 is 19.1 Å². The smallest absolute Gasteiger partial charge is 0.339 e. The summed E-state index contributed by atoms with van der Waals surface area (Å²) in [6.45, 7) is 3.36. The van der Waals surface area contributed by atoms with E-state index in [1.54, 1.807) is 19.3 Å². The Balaban J connectivity index is 2.15. The lowest BCUT2D eigenvalue weighted by molar-refractivity contribution is -0.0463. The largest absolute Gasteiger partial charge is 0.462 e. The van der Waals surface area contributed by atoms with Crippen LogP contribution in [-0.4, -0.2) is 62.4 Å². The Hall–Kier alpha value is -1.99. The van der Waals surface area contributed by atoms with Gasteiger partial charge in [-0.3, -0.25) is 4.98 Å². The van der Waals surface area contributed by atoms with Crippen molar-refractivity contribution < 1.29 is 19.0 Å². The molecule has 1 aromatic heterocycles. The van der Waals surface area contributed by atoms with Gasteiger partial charge in [-0.05, 0) is 19.4 Å². The summed E-state index contributed by atoms with van der Waals surface area (Å²) in [4.78, 5) is 22.5. The first-order valence-corrected chi connectivity index (χ1v) is 7.70. The normalized spacial score (nSPS) is 15.3. The number of aliphatic imine (C=N–C) groups is 1. The molecule has 23 heavy (non-hydrogen) atoms. The molecular weight excluding hydrogens is 298 g/mol. The van der Waals surface area contributed by atoms with Crippen LogP contribution in [0.15, 0.2) is 17.3 Å². The molecule has 1 saturated heterocycles. The van der Waals surface area contributed by atoms with E-state index < -0.39 is 5.97 Å². The number of esters is 1. The number of nitrogens with zero attached hydrogens (tertiary/aromatic N) is 3. The molecule has 1 aromatic rings. The summed E-state index contributed by atoms with van der Waals surface area (Å²) in [6.07, 6.45) is 4.38. The third-order valence-electron chi connectivity index (χ3n) is 3.19. The van der Waals surface area contributed by atoms with Crippen LogP contribution < -0.4 is 0 Å². The summed E-state index contributed by atoms with van der Waals surface area (Å²) >= 11 is 0. The second-order valence-electron chi connectivity index (χ2n) is 5.33. The molecule has 0 saturated carbocycles. The Bertz CT molecular complexity index is 554. The molecule has 0 aromatic carbocycles. The van der Waals surface area contributed by atoms with Gasteiger partial charge in [-0.25, -0.2) is 9.79 Å². The van der Waals surface area contributed by atoms with Crippen molar-refractivity contribution in [3.8, 4) is 0 Å². The highest BCUT2D eigenvalue weighted by Gasteiger charge is 2.18. The third kappa shape index (κ3) is 5.30. The second-order valence-corrected chi connectivity index (χ2v) is 5.33. The Morgan fingerprint density at radius 2 is 2.22 bits per heavy atom. The molecule has 7 heteroatoms. The number of carbonyl (C=O) groups is 1. The van der Waals surface area contributed by atoms with Gasteiger partial charge in [-0.15, -0.1) is 0 Å². The van der Waals surface area contributed by atoms with Crippen molar-refractivity contribution in [2.45, 2.75) is 26.1 Å². The molecule has 0 spiro atoms. The van der Waals surface area contributed by atoms with Crippen LogP contribution >= 0.6 is 0 Å². The molecule has 0 aliphatic carbocycles. The number of ether oxygens (including phenoxy) is 3. The molecular formula is C16H23N3O4. The molecule has 0 bridgehead atoms. The van der Waals surface area contributed by atoms with Crippen LogP contribution in [0.2, 0.25) is 0 Å². The fourth-order valence-corrected chi connectivity index (χ4v) is 2.12. The van der Waals surface area contributed by atoms with Crippen molar-refractivity contribution in [3.05, 3.63) is 23.5 Å². The van der Waals surface area contributed by atoms with Crippen LogP contribution in [0.5, 0.6) is 0 Å². The fourth-order valence-electron chi connectivity index (χ4n) is 2.12. The summed E-state index contributed by atoms with van der Waals surface area (Å²) in [6, 6.07) is 1.71. The van der Waals surface area contributed by atoms with Gasteiger partial charge in [-0.1, -0.05) is 0 Å². The molecule has 7 nitrogen and oxygen atoms in total. The molecule has 0 amide bonds. The lowest BCUT2D eigenvalue weighted by atomic mass is 10.1. The standard InChI is InChI=1S/C16H23N3O4/c1-4-21-16(20)12-9-14(18-11-19(2)3)13(17-10-12)5-6-15-22-7-8-23-15/h9-11,15H,4-8H2,1-3H3. The summed E-state index contributed by atoms with van der Waals surface area (Å²) in [5.41, 5.74) is 1.85. The minimum atomic E-state index is -0.393. The Labute approximate surface area is 136 Å². The maximum Gasteiger partial charge on any atom is 0.339 e. The van der Waals surface area contributed by atoms with Gasteiger partial charge in [0.15, 0.2) is 6.29 Å². The van der Waals surface area contributed by atoms with Crippen LogP contribution in [0.3, 0.4) is 0 Å². The average molecular weight is 321 g/mol. The summed E-state index contributed by atoms with van der Waals surface area (Å²) in [5.74, 6) is -0.393. The first-order valence-electron chi connectivity index (χ1n) is 7.70. The minimum Gasteiger partial charge on any atom is -0.462 e. The van der Waals surface area contributed by atoms with E-state index in [1.165, 1.54) is 6.20 Å². The lowest BCUT2D eigenvalue weighted by Crippen LogP contribution is -2.11. The molecule has 1 aliphatic heterocycles. The van der Waals surface area contributed by atoms with E-state index >= 15 is 0 Å². The van der Waals surface area contributed by atoms with Gasteiger partial charge in [0.25, 0.3) is 0 Å². The summed E-state index contributed by atoms with van der Waals surface area (Å²) in [5, 5.41) is 0. The van der Waals surface area contributed by atoms with E-state index in [2.05, 4.69) is 9.98 Å². The molecule has 0 N–H and O–H groups in total. The van der Waals surface area contributed by atoms with Gasteiger partial charge in [0, 0.05) is 26.7 Å². The van der Waals surface area contributed by atoms with Gasteiger partial charge in [0.1, 0.15) is 0 Å². The van der Waals surface area contributed by atoms with Gasteiger partial charge in [0.2, 0.25) is 0 Å². The van der Waals surface area contributed by atoms with E-state index in [9.17, 15) is 4.79 Å². The predicted molar refractivity (Wildman–Crippen MR) is 86.0 cm³/mol. The topological polar surface area (TPSA) is 73.2 Å². The number of rotatable bonds is 7. The number of pyridine rings is 1. The van der Waals surface area contributed by atoms with Crippen LogP contribution in [0.4, 0.5) is 5.69 Å². The molecule has 0 unspecified atom stereocenters. The maximum atomic E-state index is 11.8. The molecule has 126 valence electrons. The number of aryl methyl sites for hydroxylation is 1. The zero-order valence-corrected chi connectivity index (χ0v) is 13.8.